The molecule has 1 aromatic heterocycles. The van der Waals surface area contributed by atoms with Gasteiger partial charge in [-0.3, -0.25) is 9.48 Å². The van der Waals surface area contributed by atoms with E-state index in [1.165, 1.54) is 0 Å². The van der Waals surface area contributed by atoms with E-state index in [9.17, 15) is 4.79 Å². The van der Waals surface area contributed by atoms with E-state index in [1.54, 1.807) is 29.9 Å². The molecule has 94 valence electrons. The van der Waals surface area contributed by atoms with Gasteiger partial charge >= 0.3 is 0 Å². The van der Waals surface area contributed by atoms with Crippen LogP contribution in [0.4, 0.5) is 5.82 Å². The number of carbonyl (C=O) groups is 1. The highest BCUT2D eigenvalue weighted by Gasteiger charge is 2.13. The average Bonchev–Trinajstić information content (AvgIpc) is 2.61. The lowest BCUT2D eigenvalue weighted by molar-refractivity contribution is 0.102. The van der Waals surface area contributed by atoms with Gasteiger partial charge in [-0.05, 0) is 31.5 Å². The van der Waals surface area contributed by atoms with Gasteiger partial charge in [-0.2, -0.15) is 5.10 Å². The quantitative estimate of drug-likeness (QED) is 0.906. The highest BCUT2D eigenvalue weighted by atomic mass is 35.5. The van der Waals surface area contributed by atoms with Crippen molar-refractivity contribution in [1.82, 2.24) is 9.78 Å². The van der Waals surface area contributed by atoms with Crippen LogP contribution in [0.2, 0.25) is 5.02 Å². The maximum absolute atomic E-state index is 12.1. The molecule has 0 saturated heterocycles. The fraction of sp³-hybridized carbons (Fsp3) is 0.231. The molecule has 5 heteroatoms. The Morgan fingerprint density at radius 1 is 1.39 bits per heavy atom. The second kappa shape index (κ2) is 4.82. The number of amides is 1. The molecule has 0 aliphatic carbocycles. The summed E-state index contributed by atoms with van der Waals surface area (Å²) in [7, 11) is 1.79. The first kappa shape index (κ1) is 12.6. The summed E-state index contributed by atoms with van der Waals surface area (Å²) >= 11 is 6.00. The first-order chi connectivity index (χ1) is 8.49. The van der Waals surface area contributed by atoms with Gasteiger partial charge in [-0.25, -0.2) is 0 Å². The van der Waals surface area contributed by atoms with E-state index >= 15 is 0 Å². The number of nitrogens with zero attached hydrogens (tertiary/aromatic N) is 2. The van der Waals surface area contributed by atoms with Gasteiger partial charge in [0.1, 0.15) is 5.82 Å². The van der Waals surface area contributed by atoms with Gasteiger partial charge in [0, 0.05) is 23.7 Å². The second-order valence-corrected chi connectivity index (χ2v) is 4.57. The van der Waals surface area contributed by atoms with Crippen LogP contribution in [0.15, 0.2) is 24.3 Å². The number of benzene rings is 1. The highest BCUT2D eigenvalue weighted by molar-refractivity contribution is 6.32. The maximum atomic E-state index is 12.1. The molecule has 0 saturated carbocycles. The van der Waals surface area contributed by atoms with Crippen molar-refractivity contribution in [3.8, 4) is 0 Å². The van der Waals surface area contributed by atoms with Crippen molar-refractivity contribution in [2.75, 3.05) is 5.32 Å². The third kappa shape index (κ3) is 2.38. The number of hydrogen-bond donors (Lipinski definition) is 1. The molecule has 1 amide bonds. The van der Waals surface area contributed by atoms with Crippen molar-refractivity contribution >= 4 is 23.3 Å². The van der Waals surface area contributed by atoms with Crippen LogP contribution in [0.3, 0.4) is 0 Å². The summed E-state index contributed by atoms with van der Waals surface area (Å²) in [5.74, 6) is 0.481. The van der Waals surface area contributed by atoms with E-state index in [0.717, 1.165) is 11.3 Å². The van der Waals surface area contributed by atoms with Crippen LogP contribution in [0.1, 0.15) is 21.6 Å². The largest absolute Gasteiger partial charge is 0.307 e. The van der Waals surface area contributed by atoms with Crippen molar-refractivity contribution in [2.24, 2.45) is 7.05 Å². The Hall–Kier alpha value is -1.81. The van der Waals surface area contributed by atoms with E-state index in [4.69, 9.17) is 11.6 Å². The van der Waals surface area contributed by atoms with Gasteiger partial charge in [-0.15, -0.1) is 0 Å². The maximum Gasteiger partial charge on any atom is 0.257 e. The van der Waals surface area contributed by atoms with Crippen molar-refractivity contribution in [3.05, 3.63) is 46.1 Å². The fourth-order valence-electron chi connectivity index (χ4n) is 1.76. The monoisotopic (exact) mass is 263 g/mol. The number of aryl methyl sites for hydroxylation is 2. The summed E-state index contributed by atoms with van der Waals surface area (Å²) in [6.45, 7) is 3.70. The Morgan fingerprint density at radius 2 is 2.11 bits per heavy atom. The van der Waals surface area contributed by atoms with Gasteiger partial charge < -0.3 is 5.32 Å². The molecular weight excluding hydrogens is 250 g/mol. The predicted octanol–water partition coefficient (Wildman–Crippen LogP) is 2.94. The molecule has 0 aliphatic rings. The number of halogens is 1. The van der Waals surface area contributed by atoms with E-state index in [1.807, 2.05) is 19.9 Å². The van der Waals surface area contributed by atoms with Gasteiger partial charge in [0.2, 0.25) is 0 Å². The minimum absolute atomic E-state index is 0.182. The summed E-state index contributed by atoms with van der Waals surface area (Å²) in [5, 5.41) is 7.58. The van der Waals surface area contributed by atoms with Crippen molar-refractivity contribution in [1.29, 1.82) is 0 Å². The van der Waals surface area contributed by atoms with Crippen LogP contribution in [0.5, 0.6) is 0 Å². The topological polar surface area (TPSA) is 46.9 Å². The average molecular weight is 264 g/mol. The third-order valence-electron chi connectivity index (χ3n) is 2.76. The predicted molar refractivity (Wildman–Crippen MR) is 72.1 cm³/mol. The molecule has 1 aromatic carbocycles. The third-order valence-corrected chi connectivity index (χ3v) is 3.17. The highest BCUT2D eigenvalue weighted by Crippen LogP contribution is 2.20. The van der Waals surface area contributed by atoms with E-state index in [2.05, 4.69) is 10.4 Å². The van der Waals surface area contributed by atoms with Crippen LogP contribution >= 0.6 is 11.6 Å². The minimum Gasteiger partial charge on any atom is -0.307 e. The molecule has 0 atom stereocenters. The number of aromatic nitrogens is 2. The number of rotatable bonds is 2. The molecular formula is C13H14ClN3O. The van der Waals surface area contributed by atoms with Gasteiger partial charge in [0.15, 0.2) is 0 Å². The molecule has 4 nitrogen and oxygen atoms in total. The van der Waals surface area contributed by atoms with Crippen LogP contribution in [-0.2, 0) is 7.05 Å². The molecule has 1 heterocycles. The molecule has 0 radical (unpaired) electrons. The summed E-state index contributed by atoms with van der Waals surface area (Å²) in [4.78, 5) is 12.1. The summed E-state index contributed by atoms with van der Waals surface area (Å²) < 4.78 is 1.63. The van der Waals surface area contributed by atoms with Crippen LogP contribution in [0, 0.1) is 13.8 Å². The molecule has 0 aliphatic heterocycles. The number of nitrogens with one attached hydrogen (secondary N) is 1. The SMILES string of the molecule is Cc1cc(NC(=O)c2cccc(Cl)c2C)n(C)n1. The van der Waals surface area contributed by atoms with Gasteiger partial charge in [-0.1, -0.05) is 17.7 Å². The Morgan fingerprint density at radius 3 is 2.72 bits per heavy atom. The zero-order chi connectivity index (χ0) is 13.3. The Kier molecular flexibility index (Phi) is 3.39. The van der Waals surface area contributed by atoms with Crippen molar-refractivity contribution in [3.63, 3.8) is 0 Å². The van der Waals surface area contributed by atoms with Gasteiger partial charge in [0.25, 0.3) is 5.91 Å². The smallest absolute Gasteiger partial charge is 0.257 e. The minimum atomic E-state index is -0.182. The van der Waals surface area contributed by atoms with E-state index < -0.39 is 0 Å². The van der Waals surface area contributed by atoms with Crippen molar-refractivity contribution < 1.29 is 4.79 Å². The second-order valence-electron chi connectivity index (χ2n) is 4.16. The first-order valence-electron chi connectivity index (χ1n) is 5.56. The molecule has 2 rings (SSSR count). The summed E-state index contributed by atoms with van der Waals surface area (Å²) in [5.41, 5.74) is 2.20. The van der Waals surface area contributed by atoms with Crippen LogP contribution in [-0.4, -0.2) is 15.7 Å². The molecule has 1 N–H and O–H groups in total. The fourth-order valence-corrected chi connectivity index (χ4v) is 1.94. The van der Waals surface area contributed by atoms with Crippen molar-refractivity contribution in [2.45, 2.75) is 13.8 Å². The number of hydrogen-bond acceptors (Lipinski definition) is 2. The lowest BCUT2D eigenvalue weighted by Crippen LogP contribution is -2.15. The number of carbonyl (C=O) groups excluding carboxylic acids is 1. The molecule has 2 aromatic rings. The summed E-state index contributed by atoms with van der Waals surface area (Å²) in [6, 6.07) is 7.10. The zero-order valence-corrected chi connectivity index (χ0v) is 11.2. The Labute approximate surface area is 111 Å². The molecule has 0 fully saturated rings. The summed E-state index contributed by atoms with van der Waals surface area (Å²) in [6.07, 6.45) is 0. The molecule has 0 unspecified atom stereocenters. The number of anilines is 1. The van der Waals surface area contributed by atoms with Crippen LogP contribution in [0.25, 0.3) is 0 Å². The Bertz CT molecular complexity index is 604. The lowest BCUT2D eigenvalue weighted by Gasteiger charge is -2.08. The molecule has 0 spiro atoms. The lowest BCUT2D eigenvalue weighted by atomic mass is 10.1. The zero-order valence-electron chi connectivity index (χ0n) is 10.5. The molecule has 0 bridgehead atoms. The Balaban J connectivity index is 2.27. The van der Waals surface area contributed by atoms with E-state index in [0.29, 0.717) is 16.4 Å². The van der Waals surface area contributed by atoms with Crippen LogP contribution < -0.4 is 5.32 Å². The van der Waals surface area contributed by atoms with Gasteiger partial charge in [0.05, 0.1) is 5.69 Å². The van der Waals surface area contributed by atoms with E-state index in [-0.39, 0.29) is 5.91 Å². The normalized spacial score (nSPS) is 10.4. The standard InChI is InChI=1S/C13H14ClN3O/c1-8-7-12(17(3)16-8)15-13(18)10-5-4-6-11(14)9(10)2/h4-7H,1-3H3,(H,15,18). The molecule has 18 heavy (non-hydrogen) atoms. The first-order valence-corrected chi connectivity index (χ1v) is 5.94.